The summed E-state index contributed by atoms with van der Waals surface area (Å²) in [5.74, 6) is -3.03. The molecule has 6 heterocycles. The number of aromatic nitrogens is 8. The summed E-state index contributed by atoms with van der Waals surface area (Å²) in [6.45, 7) is 3.39. The van der Waals surface area contributed by atoms with Gasteiger partial charge in [0.15, 0.2) is 23.8 Å². The lowest BCUT2D eigenvalue weighted by Crippen LogP contribution is -2.04. The van der Waals surface area contributed by atoms with Gasteiger partial charge in [0.2, 0.25) is 11.6 Å². The average molecular weight is 1110 g/mol. The molecule has 0 aliphatic rings. The van der Waals surface area contributed by atoms with Crippen LogP contribution in [0.3, 0.4) is 0 Å². The lowest BCUT2D eigenvalue weighted by molar-refractivity contribution is -0.392. The molecule has 0 spiro atoms. The summed E-state index contributed by atoms with van der Waals surface area (Å²) in [6, 6.07) is 18.6. The van der Waals surface area contributed by atoms with E-state index in [0.717, 1.165) is 48.5 Å². The van der Waals surface area contributed by atoms with Crippen molar-refractivity contribution in [2.75, 3.05) is 0 Å². The van der Waals surface area contributed by atoms with Gasteiger partial charge in [0.25, 0.3) is 0 Å². The molecule has 18 nitrogen and oxygen atoms in total. The number of halogens is 5. The molecule has 0 fully saturated rings. The number of nitrogens with zero attached hydrogens (tertiary/aromatic N) is 12. The molecule has 0 atom stereocenters. The maximum absolute atomic E-state index is 14.2. The van der Waals surface area contributed by atoms with Crippen molar-refractivity contribution in [3.05, 3.63) is 173 Å². The first kappa shape index (κ1) is 51.1. The molecule has 0 aliphatic heterocycles. The van der Waals surface area contributed by atoms with E-state index in [1.54, 1.807) is 59.1 Å². The van der Waals surface area contributed by atoms with Crippen molar-refractivity contribution in [2.45, 2.75) is 39.9 Å². The molecule has 0 saturated heterocycles. The molecule has 2 aromatic carbocycles. The van der Waals surface area contributed by atoms with E-state index in [4.69, 9.17) is 15.3 Å². The van der Waals surface area contributed by atoms with Gasteiger partial charge in [-0.05, 0) is 120 Å². The van der Waals surface area contributed by atoms with Crippen molar-refractivity contribution in [3.8, 4) is 40.4 Å². The number of aryl methyl sites for hydroxylation is 4. The van der Waals surface area contributed by atoms with Crippen LogP contribution >= 0.6 is 54.5 Å². The number of hydrogen-bond acceptors (Lipinski definition) is 16. The molecule has 6 aromatic heterocycles. The van der Waals surface area contributed by atoms with Crippen molar-refractivity contribution in [2.24, 2.45) is 14.1 Å². The van der Waals surface area contributed by atoms with E-state index in [0.29, 0.717) is 55.6 Å². The Morgan fingerprint density at radius 2 is 1.19 bits per heavy atom. The molecule has 0 unspecified atom stereocenters. The zero-order valence-electron chi connectivity index (χ0n) is 36.3. The predicted molar refractivity (Wildman–Crippen MR) is 253 cm³/mol. The number of rotatable bonds is 12. The number of ether oxygens (including phenoxy) is 1. The van der Waals surface area contributed by atoms with Gasteiger partial charge in [-0.2, -0.15) is 25.1 Å². The van der Waals surface area contributed by atoms with Crippen LogP contribution in [-0.2, 0) is 40.2 Å². The summed E-state index contributed by atoms with van der Waals surface area (Å²) in [5, 5.41) is 59.0. The normalized spacial score (nSPS) is 10.6. The smallest absolute Gasteiger partial charge is 0.406 e. The highest BCUT2D eigenvalue weighted by Gasteiger charge is 2.22. The first-order valence-electron chi connectivity index (χ1n) is 19.7. The van der Waals surface area contributed by atoms with Gasteiger partial charge in [0, 0.05) is 76.9 Å². The first-order chi connectivity index (χ1) is 32.9. The minimum Gasteiger partial charge on any atom is -0.481 e. The fourth-order valence-electron chi connectivity index (χ4n) is 6.57. The molecule has 8 rings (SSSR count). The van der Waals surface area contributed by atoms with Crippen molar-refractivity contribution in [3.63, 3.8) is 0 Å². The number of aliphatic hydroxyl groups is 1. The summed E-state index contributed by atoms with van der Waals surface area (Å²) < 4.78 is 50.1. The molecule has 69 heavy (non-hydrogen) atoms. The zero-order chi connectivity index (χ0) is 50.1. The molecule has 0 bridgehead atoms. The number of aliphatic hydroxyl groups excluding tert-OH is 1. The van der Waals surface area contributed by atoms with E-state index in [1.807, 2.05) is 26.0 Å². The van der Waals surface area contributed by atoms with Crippen LogP contribution in [0.4, 0.5) is 24.8 Å². The van der Waals surface area contributed by atoms with Gasteiger partial charge < -0.3 is 30.1 Å². The predicted octanol–water partition coefficient (Wildman–Crippen LogP) is 9.94. The Morgan fingerprint density at radius 1 is 0.725 bits per heavy atom. The highest BCUT2D eigenvalue weighted by atomic mass is 79.9. The van der Waals surface area contributed by atoms with E-state index in [-0.39, 0.29) is 24.8 Å². The van der Waals surface area contributed by atoms with Crippen molar-refractivity contribution in [1.29, 1.82) is 10.5 Å². The summed E-state index contributed by atoms with van der Waals surface area (Å²) in [4.78, 5) is 38.0. The van der Waals surface area contributed by atoms with Gasteiger partial charge in [0.1, 0.15) is 30.4 Å². The fourth-order valence-corrected chi connectivity index (χ4v) is 9.12. The molecular formula is C44H33Br2F3N12O6S2. The molecule has 0 saturated carbocycles. The molecule has 0 amide bonds. The maximum atomic E-state index is 14.2. The quantitative estimate of drug-likeness (QED) is 0.0883. The third kappa shape index (κ3) is 12.8. The summed E-state index contributed by atoms with van der Waals surface area (Å²) in [7, 11) is 3.56. The van der Waals surface area contributed by atoms with Gasteiger partial charge in [-0.15, -0.1) is 22.7 Å². The fraction of sp³-hybridized carbons (Fsp3) is 0.182. The van der Waals surface area contributed by atoms with E-state index in [9.17, 15) is 38.5 Å². The van der Waals surface area contributed by atoms with Crippen LogP contribution in [-0.4, -0.2) is 54.5 Å². The van der Waals surface area contributed by atoms with Crippen LogP contribution in [0.2, 0.25) is 0 Å². The standard InChI is InChI=1S/C22H16BrFN6O3S.C17H15FN4OS.C5H2BrFN2O2/c1-12-27-21(20(34-12)8-17-7-16(9-25)28-29(17)2)18-4-3-15(24)5-13(18)11-33-19-6-14(23)10-26-22(19)30(31)32;1-10-20-17(15-4-3-12(18)5-11(15)9-23)16(24-10)7-14-6-13(8-19)21-22(14)2;6-3-1-4(7)5(8-2-3)9(10)11/h3-7,10H,8,11H2,1-2H3;3-6,23H,7,9H2,1-2H3;1-2H. The Bertz CT molecular complexity index is 3310. The van der Waals surface area contributed by atoms with Crippen LogP contribution in [0, 0.1) is 74.2 Å². The van der Waals surface area contributed by atoms with E-state index >= 15 is 0 Å². The largest absolute Gasteiger partial charge is 0.481 e. The Kier molecular flexibility index (Phi) is 16.8. The van der Waals surface area contributed by atoms with Gasteiger partial charge in [-0.3, -0.25) is 9.36 Å². The average Bonchev–Trinajstić information content (AvgIpc) is 4.07. The van der Waals surface area contributed by atoms with Gasteiger partial charge >= 0.3 is 11.6 Å². The van der Waals surface area contributed by atoms with E-state index < -0.39 is 33.1 Å². The Morgan fingerprint density at radius 3 is 1.64 bits per heavy atom. The summed E-state index contributed by atoms with van der Waals surface area (Å²) >= 11 is 9.18. The number of nitro groups is 2. The number of hydrogen-bond donors (Lipinski definition) is 1. The van der Waals surface area contributed by atoms with Crippen LogP contribution in [0.15, 0.2) is 82.0 Å². The van der Waals surface area contributed by atoms with Crippen LogP contribution in [0.1, 0.15) is 53.7 Å². The number of thiazole rings is 2. The van der Waals surface area contributed by atoms with Gasteiger partial charge in [0.05, 0.1) is 37.0 Å². The minimum atomic E-state index is -0.940. The highest BCUT2D eigenvalue weighted by Crippen LogP contribution is 2.36. The number of benzene rings is 2. The highest BCUT2D eigenvalue weighted by molar-refractivity contribution is 9.10. The zero-order valence-corrected chi connectivity index (χ0v) is 41.1. The van der Waals surface area contributed by atoms with Gasteiger partial charge in [-0.25, -0.2) is 18.7 Å². The minimum absolute atomic E-state index is 0.0387. The second-order valence-electron chi connectivity index (χ2n) is 14.4. The van der Waals surface area contributed by atoms with E-state index in [1.165, 1.54) is 54.1 Å². The van der Waals surface area contributed by atoms with Crippen molar-refractivity contribution in [1.82, 2.24) is 39.5 Å². The molecule has 352 valence electrons. The summed E-state index contributed by atoms with van der Waals surface area (Å²) in [5.41, 5.74) is 6.15. The van der Waals surface area contributed by atoms with E-state index in [2.05, 4.69) is 62.0 Å². The molecule has 8 aromatic rings. The molecule has 25 heteroatoms. The second kappa shape index (κ2) is 22.7. The Hall–Kier alpha value is -7.29. The number of nitriles is 2. The molecule has 0 aliphatic carbocycles. The SMILES string of the molecule is Cc1nc(-c2ccc(F)cc2CO)c(Cc2cc(C#N)nn2C)s1.Cc1nc(-c2ccc(F)cc2COc2cc(Br)cnc2[N+](=O)[O-])c(Cc2cc(C#N)nn2C)s1.O=[N+]([O-])c1ncc(Br)cc1F. The Labute approximate surface area is 414 Å². The first-order valence-corrected chi connectivity index (χ1v) is 22.9. The Balaban J connectivity index is 0.000000193. The van der Waals surface area contributed by atoms with Crippen molar-refractivity contribution >= 4 is 66.2 Å². The van der Waals surface area contributed by atoms with Gasteiger partial charge in [-0.1, -0.05) is 0 Å². The topological polar surface area (TPSA) is 251 Å². The third-order valence-corrected chi connectivity index (χ3v) is 12.4. The molecule has 0 radical (unpaired) electrons. The third-order valence-electron chi connectivity index (χ3n) is 9.61. The van der Waals surface area contributed by atoms with Crippen molar-refractivity contribution < 1.29 is 32.9 Å². The summed E-state index contributed by atoms with van der Waals surface area (Å²) in [6.07, 6.45) is 3.51. The monoisotopic (exact) mass is 1100 g/mol. The molecular weight excluding hydrogens is 1070 g/mol. The molecule has 1 N–H and O–H groups in total. The van der Waals surface area contributed by atoms with Crippen LogP contribution in [0.25, 0.3) is 22.5 Å². The maximum Gasteiger partial charge on any atom is 0.406 e. The van der Waals surface area contributed by atoms with Crippen LogP contribution in [0.5, 0.6) is 5.75 Å². The lowest BCUT2D eigenvalue weighted by atomic mass is 10.0. The lowest BCUT2D eigenvalue weighted by Gasteiger charge is -2.12. The second-order valence-corrected chi connectivity index (χ2v) is 18.8. The van der Waals surface area contributed by atoms with Crippen LogP contribution < -0.4 is 4.74 Å². The number of pyridine rings is 2.